The second-order valence-corrected chi connectivity index (χ2v) is 6.37. The highest BCUT2D eigenvalue weighted by Crippen LogP contribution is 2.25. The van der Waals surface area contributed by atoms with Gasteiger partial charge in [-0.3, -0.25) is 9.79 Å². The average molecular weight is 346 g/mol. The molecular weight excluding hydrogens is 316 g/mol. The molecule has 0 spiro atoms. The molecule has 0 atom stereocenters. The van der Waals surface area contributed by atoms with E-state index in [4.69, 9.17) is 4.74 Å². The Kier molecular flexibility index (Phi) is 8.25. The largest absolute Gasteiger partial charge is 0.383 e. The maximum Gasteiger partial charge on any atom is 0.227 e. The number of rotatable bonds is 7. The molecule has 1 aromatic rings. The SMILES string of the molecule is CN=C(NCCOC)NCc1cccc(NC(=O)C2CCCCC2)c1. The number of hydrogen-bond donors (Lipinski definition) is 3. The van der Waals surface area contributed by atoms with Gasteiger partial charge in [-0.2, -0.15) is 0 Å². The van der Waals surface area contributed by atoms with E-state index in [0.29, 0.717) is 19.7 Å². The van der Waals surface area contributed by atoms with Crippen LogP contribution >= 0.6 is 0 Å². The molecule has 1 saturated carbocycles. The number of carbonyl (C=O) groups is 1. The summed E-state index contributed by atoms with van der Waals surface area (Å²) >= 11 is 0. The zero-order valence-electron chi connectivity index (χ0n) is 15.3. The number of hydrogen-bond acceptors (Lipinski definition) is 3. The highest BCUT2D eigenvalue weighted by Gasteiger charge is 2.20. The molecule has 0 heterocycles. The molecule has 0 saturated heterocycles. The molecule has 0 aliphatic heterocycles. The topological polar surface area (TPSA) is 74.8 Å². The van der Waals surface area contributed by atoms with Crippen LogP contribution in [0.25, 0.3) is 0 Å². The van der Waals surface area contributed by atoms with Crippen molar-refractivity contribution < 1.29 is 9.53 Å². The monoisotopic (exact) mass is 346 g/mol. The number of nitrogens with zero attached hydrogens (tertiary/aromatic N) is 1. The van der Waals surface area contributed by atoms with Crippen molar-refractivity contribution in [2.45, 2.75) is 38.6 Å². The van der Waals surface area contributed by atoms with Gasteiger partial charge in [0, 0.05) is 38.9 Å². The number of benzene rings is 1. The van der Waals surface area contributed by atoms with E-state index in [2.05, 4.69) is 20.9 Å². The lowest BCUT2D eigenvalue weighted by molar-refractivity contribution is -0.120. The average Bonchev–Trinajstić information content (AvgIpc) is 2.65. The number of amides is 1. The number of ether oxygens (including phenoxy) is 1. The Labute approximate surface area is 150 Å². The fourth-order valence-corrected chi connectivity index (χ4v) is 3.05. The van der Waals surface area contributed by atoms with Crippen molar-refractivity contribution in [1.82, 2.24) is 10.6 Å². The maximum absolute atomic E-state index is 12.4. The van der Waals surface area contributed by atoms with Gasteiger partial charge in [0.2, 0.25) is 5.91 Å². The third kappa shape index (κ3) is 6.74. The molecule has 1 amide bonds. The van der Waals surface area contributed by atoms with E-state index in [1.165, 1.54) is 6.42 Å². The molecular formula is C19H30N4O2. The maximum atomic E-state index is 12.4. The van der Waals surface area contributed by atoms with Crippen LogP contribution in [-0.2, 0) is 16.1 Å². The van der Waals surface area contributed by atoms with Crippen molar-refractivity contribution in [1.29, 1.82) is 0 Å². The van der Waals surface area contributed by atoms with Crippen molar-refractivity contribution in [2.24, 2.45) is 10.9 Å². The molecule has 0 aromatic heterocycles. The standard InChI is InChI=1S/C19H30N4O2/c1-20-19(21-11-12-25-2)22-14-15-7-6-10-17(13-15)23-18(24)16-8-4-3-5-9-16/h6-7,10,13,16H,3-5,8-9,11-12,14H2,1-2H3,(H,23,24)(H2,20,21,22). The van der Waals surface area contributed by atoms with Crippen molar-refractivity contribution in [2.75, 3.05) is 32.6 Å². The fraction of sp³-hybridized carbons (Fsp3) is 0.579. The Morgan fingerprint density at radius 2 is 2.04 bits per heavy atom. The van der Waals surface area contributed by atoms with Gasteiger partial charge >= 0.3 is 0 Å². The second kappa shape index (κ2) is 10.7. The molecule has 1 aliphatic rings. The minimum absolute atomic E-state index is 0.154. The summed E-state index contributed by atoms with van der Waals surface area (Å²) in [4.78, 5) is 16.5. The smallest absolute Gasteiger partial charge is 0.227 e. The predicted octanol–water partition coefficient (Wildman–Crippen LogP) is 2.52. The first kappa shape index (κ1) is 19.2. The first-order valence-corrected chi connectivity index (χ1v) is 9.06. The Hall–Kier alpha value is -2.08. The van der Waals surface area contributed by atoms with Crippen LogP contribution in [0.3, 0.4) is 0 Å². The lowest BCUT2D eigenvalue weighted by atomic mass is 9.88. The number of aliphatic imine (C=N–C) groups is 1. The third-order valence-corrected chi connectivity index (χ3v) is 4.45. The Morgan fingerprint density at radius 3 is 2.76 bits per heavy atom. The Morgan fingerprint density at radius 1 is 1.24 bits per heavy atom. The summed E-state index contributed by atoms with van der Waals surface area (Å²) in [7, 11) is 3.41. The van der Waals surface area contributed by atoms with E-state index < -0.39 is 0 Å². The van der Waals surface area contributed by atoms with E-state index >= 15 is 0 Å². The summed E-state index contributed by atoms with van der Waals surface area (Å²) in [5.74, 6) is 1.05. The summed E-state index contributed by atoms with van der Waals surface area (Å²) in [5, 5.41) is 9.50. The second-order valence-electron chi connectivity index (χ2n) is 6.37. The summed E-state index contributed by atoms with van der Waals surface area (Å²) in [6.45, 7) is 1.97. The van der Waals surface area contributed by atoms with Gasteiger partial charge in [0.25, 0.3) is 0 Å². The minimum atomic E-state index is 0.154. The van der Waals surface area contributed by atoms with E-state index in [-0.39, 0.29) is 11.8 Å². The lowest BCUT2D eigenvalue weighted by Gasteiger charge is -2.21. The zero-order valence-corrected chi connectivity index (χ0v) is 15.3. The predicted molar refractivity (Wildman–Crippen MR) is 102 cm³/mol. The number of anilines is 1. The van der Waals surface area contributed by atoms with E-state index in [0.717, 1.165) is 42.9 Å². The van der Waals surface area contributed by atoms with E-state index in [1.807, 2.05) is 24.3 Å². The van der Waals surface area contributed by atoms with Crippen molar-refractivity contribution in [3.8, 4) is 0 Å². The van der Waals surface area contributed by atoms with Crippen LogP contribution in [0.4, 0.5) is 5.69 Å². The van der Waals surface area contributed by atoms with Gasteiger partial charge in [-0.25, -0.2) is 0 Å². The molecule has 6 heteroatoms. The fourth-order valence-electron chi connectivity index (χ4n) is 3.05. The quantitative estimate of drug-likeness (QED) is 0.403. The number of nitrogens with one attached hydrogen (secondary N) is 3. The number of methoxy groups -OCH3 is 1. The summed E-state index contributed by atoms with van der Waals surface area (Å²) < 4.78 is 5.02. The molecule has 3 N–H and O–H groups in total. The molecule has 25 heavy (non-hydrogen) atoms. The van der Waals surface area contributed by atoms with E-state index in [9.17, 15) is 4.79 Å². The van der Waals surface area contributed by atoms with Gasteiger partial charge in [-0.05, 0) is 30.5 Å². The minimum Gasteiger partial charge on any atom is -0.383 e. The summed E-state index contributed by atoms with van der Waals surface area (Å²) in [6.07, 6.45) is 5.60. The molecule has 6 nitrogen and oxygen atoms in total. The molecule has 0 bridgehead atoms. The molecule has 1 fully saturated rings. The van der Waals surface area contributed by atoms with Crippen LogP contribution in [0.1, 0.15) is 37.7 Å². The number of guanidine groups is 1. The zero-order chi connectivity index (χ0) is 17.9. The van der Waals surface area contributed by atoms with Gasteiger partial charge in [0.1, 0.15) is 0 Å². The van der Waals surface area contributed by atoms with Gasteiger partial charge in [0.05, 0.1) is 6.61 Å². The van der Waals surface area contributed by atoms with Crippen LogP contribution in [0.2, 0.25) is 0 Å². The van der Waals surface area contributed by atoms with Gasteiger partial charge in [0.15, 0.2) is 5.96 Å². The summed E-state index contributed by atoms with van der Waals surface area (Å²) in [6, 6.07) is 7.95. The van der Waals surface area contributed by atoms with Gasteiger partial charge in [-0.15, -0.1) is 0 Å². The first-order valence-electron chi connectivity index (χ1n) is 9.06. The molecule has 1 aromatic carbocycles. The van der Waals surface area contributed by atoms with Crippen LogP contribution in [0.5, 0.6) is 0 Å². The lowest BCUT2D eigenvalue weighted by Crippen LogP contribution is -2.38. The molecule has 0 unspecified atom stereocenters. The number of carbonyl (C=O) groups excluding carboxylic acids is 1. The first-order chi connectivity index (χ1) is 12.2. The van der Waals surface area contributed by atoms with Crippen LogP contribution in [0, 0.1) is 5.92 Å². The van der Waals surface area contributed by atoms with E-state index in [1.54, 1.807) is 14.2 Å². The third-order valence-electron chi connectivity index (χ3n) is 4.45. The highest BCUT2D eigenvalue weighted by molar-refractivity contribution is 5.92. The van der Waals surface area contributed by atoms with Gasteiger partial charge < -0.3 is 20.7 Å². The molecule has 2 rings (SSSR count). The van der Waals surface area contributed by atoms with Crippen LogP contribution < -0.4 is 16.0 Å². The molecule has 138 valence electrons. The van der Waals surface area contributed by atoms with Crippen molar-refractivity contribution in [3.05, 3.63) is 29.8 Å². The summed E-state index contributed by atoms with van der Waals surface area (Å²) in [5.41, 5.74) is 1.95. The van der Waals surface area contributed by atoms with Gasteiger partial charge in [-0.1, -0.05) is 31.4 Å². The normalized spacial score (nSPS) is 15.7. The van der Waals surface area contributed by atoms with Crippen molar-refractivity contribution >= 4 is 17.6 Å². The van der Waals surface area contributed by atoms with Crippen LogP contribution in [-0.4, -0.2) is 39.2 Å². The molecule has 1 aliphatic carbocycles. The van der Waals surface area contributed by atoms with Crippen molar-refractivity contribution in [3.63, 3.8) is 0 Å². The molecule has 0 radical (unpaired) electrons. The Balaban J connectivity index is 1.84. The highest BCUT2D eigenvalue weighted by atomic mass is 16.5. The van der Waals surface area contributed by atoms with Crippen LogP contribution in [0.15, 0.2) is 29.3 Å². The Bertz CT molecular complexity index is 568.